The summed E-state index contributed by atoms with van der Waals surface area (Å²) in [6.07, 6.45) is 8.07. The average Bonchev–Trinajstić information content (AvgIpc) is 3.93. The van der Waals surface area contributed by atoms with Crippen LogP contribution in [0.5, 0.6) is 0 Å². The van der Waals surface area contributed by atoms with Crippen LogP contribution in [0.1, 0.15) is 67.7 Å². The summed E-state index contributed by atoms with van der Waals surface area (Å²) < 4.78 is 41.6. The smallest absolute Gasteiger partial charge is 0.246 e. The molecule has 7 rings (SSSR count). The number of amidine groups is 1. The van der Waals surface area contributed by atoms with Gasteiger partial charge in [-0.2, -0.15) is 0 Å². The number of hydrogen-bond donors (Lipinski definition) is 3. The molecule has 10 heteroatoms. The minimum Gasteiger partial charge on any atom is -0.432 e. The van der Waals surface area contributed by atoms with Gasteiger partial charge in [0.2, 0.25) is 5.89 Å². The van der Waals surface area contributed by atoms with Gasteiger partial charge in [-0.1, -0.05) is 6.07 Å². The van der Waals surface area contributed by atoms with E-state index < -0.39 is 11.6 Å². The van der Waals surface area contributed by atoms with Crippen LogP contribution in [0.2, 0.25) is 0 Å². The molecule has 0 saturated heterocycles. The van der Waals surface area contributed by atoms with E-state index in [2.05, 4.69) is 5.32 Å². The number of nitrogens with one attached hydrogen (secondary N) is 3. The molecular formula is C33H34F2N6O2. The second-order valence-corrected chi connectivity index (χ2v) is 12.2. The van der Waals surface area contributed by atoms with Crippen molar-refractivity contribution in [1.82, 2.24) is 20.2 Å². The van der Waals surface area contributed by atoms with E-state index in [0.29, 0.717) is 22.3 Å². The van der Waals surface area contributed by atoms with Crippen molar-refractivity contribution in [2.75, 3.05) is 20.7 Å². The zero-order chi connectivity index (χ0) is 29.9. The highest BCUT2D eigenvalue weighted by Gasteiger charge is 2.47. The molecule has 0 unspecified atom stereocenters. The fourth-order valence-electron chi connectivity index (χ4n) is 6.05. The number of aromatic nitrogens is 2. The molecule has 2 aromatic carbocycles. The molecular weight excluding hydrogens is 550 g/mol. The Balaban J connectivity index is 1.26. The van der Waals surface area contributed by atoms with Crippen molar-refractivity contribution in [3.63, 3.8) is 0 Å². The van der Waals surface area contributed by atoms with Gasteiger partial charge in [0.1, 0.15) is 22.9 Å². The predicted octanol–water partition coefficient (Wildman–Crippen LogP) is 6.72. The lowest BCUT2D eigenvalue weighted by Gasteiger charge is -2.41. The van der Waals surface area contributed by atoms with Gasteiger partial charge >= 0.3 is 0 Å². The third-order valence-corrected chi connectivity index (χ3v) is 9.35. The Bertz CT molecular complexity index is 1750. The van der Waals surface area contributed by atoms with Crippen LogP contribution in [0.25, 0.3) is 33.8 Å². The molecule has 4 aromatic rings. The predicted molar refractivity (Wildman–Crippen MR) is 160 cm³/mol. The van der Waals surface area contributed by atoms with E-state index in [-0.39, 0.29) is 34.4 Å². The SMILES string of the molecule is COC1(CNC2(c3cc(F)c4oc(-c5cc(-c6ccc(F)cc6C(=N)N(C)C=N)cc(C6CC6)n5)nc4c3)CC2)CCC1. The molecule has 3 N–H and O–H groups in total. The minimum atomic E-state index is -0.475. The van der Waals surface area contributed by atoms with Crippen LogP contribution in [-0.2, 0) is 10.3 Å². The number of hydrogen-bond acceptors (Lipinski definition) is 7. The maximum Gasteiger partial charge on any atom is 0.246 e. The summed E-state index contributed by atoms with van der Waals surface area (Å²) in [5.74, 6) is -0.464. The molecule has 0 spiro atoms. The molecule has 3 fully saturated rings. The topological polar surface area (TPSA) is 111 Å². The van der Waals surface area contributed by atoms with Gasteiger partial charge < -0.3 is 19.4 Å². The van der Waals surface area contributed by atoms with Crippen molar-refractivity contribution in [3.8, 4) is 22.7 Å². The van der Waals surface area contributed by atoms with E-state index >= 15 is 4.39 Å². The molecule has 0 bridgehead atoms. The van der Waals surface area contributed by atoms with Crippen molar-refractivity contribution >= 4 is 23.3 Å². The number of rotatable bonds is 10. The van der Waals surface area contributed by atoms with Crippen molar-refractivity contribution in [2.24, 2.45) is 0 Å². The van der Waals surface area contributed by atoms with E-state index in [0.717, 1.165) is 74.6 Å². The van der Waals surface area contributed by atoms with Gasteiger partial charge in [0.05, 0.1) is 11.9 Å². The fraction of sp³-hybridized carbons (Fsp3) is 0.394. The maximum atomic E-state index is 15.5. The van der Waals surface area contributed by atoms with Gasteiger partial charge in [-0.25, -0.2) is 18.7 Å². The Morgan fingerprint density at radius 1 is 1.12 bits per heavy atom. The van der Waals surface area contributed by atoms with Gasteiger partial charge in [0, 0.05) is 43.4 Å². The van der Waals surface area contributed by atoms with Crippen LogP contribution in [-0.4, -0.2) is 53.3 Å². The van der Waals surface area contributed by atoms with E-state index in [1.165, 1.54) is 17.0 Å². The van der Waals surface area contributed by atoms with Gasteiger partial charge in [-0.05, 0) is 98.0 Å². The van der Waals surface area contributed by atoms with Crippen LogP contribution >= 0.6 is 0 Å². The molecule has 8 nitrogen and oxygen atoms in total. The van der Waals surface area contributed by atoms with Gasteiger partial charge in [-0.3, -0.25) is 10.8 Å². The highest BCUT2D eigenvalue weighted by atomic mass is 19.1. The first kappa shape index (κ1) is 27.8. The first-order valence-electron chi connectivity index (χ1n) is 14.8. The summed E-state index contributed by atoms with van der Waals surface area (Å²) in [6.45, 7) is 0.729. The van der Waals surface area contributed by atoms with Crippen molar-refractivity contribution in [3.05, 3.63) is 70.9 Å². The van der Waals surface area contributed by atoms with E-state index in [1.54, 1.807) is 32.4 Å². The van der Waals surface area contributed by atoms with E-state index in [1.807, 2.05) is 12.1 Å². The molecule has 2 aromatic heterocycles. The summed E-state index contributed by atoms with van der Waals surface area (Å²) in [5.41, 5.74) is 3.93. The van der Waals surface area contributed by atoms with E-state index in [9.17, 15) is 4.39 Å². The highest BCUT2D eigenvalue weighted by molar-refractivity contribution is 6.06. The fourth-order valence-corrected chi connectivity index (χ4v) is 6.05. The zero-order valence-corrected chi connectivity index (χ0v) is 24.3. The number of benzene rings is 2. The summed E-state index contributed by atoms with van der Waals surface area (Å²) >= 11 is 0. The maximum absolute atomic E-state index is 15.5. The monoisotopic (exact) mass is 584 g/mol. The quantitative estimate of drug-likeness (QED) is 0.141. The molecule has 3 saturated carbocycles. The Labute approximate surface area is 248 Å². The second-order valence-electron chi connectivity index (χ2n) is 12.2. The number of halogens is 2. The third-order valence-electron chi connectivity index (χ3n) is 9.35. The van der Waals surface area contributed by atoms with Crippen LogP contribution in [0.3, 0.4) is 0 Å². The Hall–Kier alpha value is -4.02. The lowest BCUT2D eigenvalue weighted by molar-refractivity contribution is -0.0715. The van der Waals surface area contributed by atoms with E-state index in [4.69, 9.17) is 29.9 Å². The Kier molecular flexibility index (Phi) is 6.66. The molecule has 3 aliphatic carbocycles. The lowest BCUT2D eigenvalue weighted by atomic mass is 9.79. The molecule has 2 heterocycles. The zero-order valence-electron chi connectivity index (χ0n) is 24.3. The summed E-state index contributed by atoms with van der Waals surface area (Å²) in [7, 11) is 3.33. The van der Waals surface area contributed by atoms with Crippen LogP contribution in [0.4, 0.5) is 8.78 Å². The number of fused-ring (bicyclic) bond motifs is 1. The minimum absolute atomic E-state index is 0.0105. The molecule has 0 aliphatic heterocycles. The molecule has 43 heavy (non-hydrogen) atoms. The van der Waals surface area contributed by atoms with Crippen molar-refractivity contribution < 1.29 is 17.9 Å². The summed E-state index contributed by atoms with van der Waals surface area (Å²) in [4.78, 5) is 10.9. The van der Waals surface area contributed by atoms with Crippen LogP contribution < -0.4 is 5.32 Å². The van der Waals surface area contributed by atoms with Crippen LogP contribution in [0, 0.1) is 22.5 Å². The van der Waals surface area contributed by atoms with Gasteiger partial charge in [-0.15, -0.1) is 0 Å². The normalized spacial score (nSPS) is 18.3. The number of pyridine rings is 1. The lowest BCUT2D eigenvalue weighted by Crippen LogP contribution is -2.50. The standard InChI is InChI=1S/C33H34F2N6O2/c1-41(18-36)30(37)24-16-22(34)6-7-23(24)20-12-26(19-4-5-19)39-28(13-20)31-40-27-15-21(14-25(35)29(27)43-31)33(10-11-33)38-17-32(42-2)8-3-9-32/h6-7,12-16,18-19,36-38H,3-5,8-11,17H2,1-2H3. The number of methoxy groups -OCH3 is 1. The van der Waals surface area contributed by atoms with Crippen LogP contribution in [0.15, 0.2) is 46.9 Å². The highest BCUT2D eigenvalue weighted by Crippen LogP contribution is 2.48. The third kappa shape index (κ3) is 5.02. The number of ether oxygens (including phenoxy) is 1. The van der Waals surface area contributed by atoms with Gasteiger partial charge in [0.15, 0.2) is 11.4 Å². The Morgan fingerprint density at radius 2 is 1.91 bits per heavy atom. The molecule has 3 aliphatic rings. The van der Waals surface area contributed by atoms with Crippen molar-refractivity contribution in [2.45, 2.75) is 62.0 Å². The first-order valence-corrected chi connectivity index (χ1v) is 14.8. The largest absolute Gasteiger partial charge is 0.432 e. The Morgan fingerprint density at radius 3 is 2.56 bits per heavy atom. The molecule has 0 radical (unpaired) electrons. The van der Waals surface area contributed by atoms with Gasteiger partial charge in [0.25, 0.3) is 0 Å². The molecule has 0 amide bonds. The van der Waals surface area contributed by atoms with Crippen molar-refractivity contribution in [1.29, 1.82) is 10.8 Å². The summed E-state index contributed by atoms with van der Waals surface area (Å²) in [6, 6.07) is 11.5. The molecule has 0 atom stereocenters. The molecule has 222 valence electrons. The average molecular weight is 585 g/mol. The first-order chi connectivity index (χ1) is 20.7. The number of nitrogens with zero attached hydrogens (tertiary/aromatic N) is 3. The number of oxazole rings is 1. The second kappa shape index (κ2) is 10.3. The summed E-state index contributed by atoms with van der Waals surface area (Å²) in [5, 5.41) is 19.8.